The highest BCUT2D eigenvalue weighted by Gasteiger charge is 2.57. The van der Waals surface area contributed by atoms with Crippen molar-refractivity contribution in [3.8, 4) is 0 Å². The van der Waals surface area contributed by atoms with Crippen LogP contribution in [0.4, 0.5) is 0 Å². The average molecular weight is 300 g/mol. The first-order chi connectivity index (χ1) is 10.5. The van der Waals surface area contributed by atoms with Gasteiger partial charge in [0.05, 0.1) is 0 Å². The van der Waals surface area contributed by atoms with Gasteiger partial charge in [-0.2, -0.15) is 0 Å². The number of amides is 1. The van der Waals surface area contributed by atoms with Crippen molar-refractivity contribution in [2.24, 2.45) is 11.3 Å². The Morgan fingerprint density at radius 2 is 1.86 bits per heavy atom. The summed E-state index contributed by atoms with van der Waals surface area (Å²) in [6, 6.07) is 4.46. The maximum Gasteiger partial charge on any atom is 0.223 e. The number of aryl methyl sites for hydroxylation is 3. The topological polar surface area (TPSA) is 41.1 Å². The highest BCUT2D eigenvalue weighted by molar-refractivity contribution is 5.82. The molecule has 1 spiro atoms. The molecule has 3 rings (SSSR count). The Morgan fingerprint density at radius 1 is 1.23 bits per heavy atom. The lowest BCUT2D eigenvalue weighted by atomic mass is 9.91. The number of hydrogen-bond acceptors (Lipinski definition) is 2. The number of carbonyl (C=O) groups is 1. The molecule has 1 aromatic rings. The van der Waals surface area contributed by atoms with Crippen molar-refractivity contribution >= 4 is 5.91 Å². The van der Waals surface area contributed by atoms with Crippen LogP contribution >= 0.6 is 0 Å². The van der Waals surface area contributed by atoms with Crippen LogP contribution in [0.3, 0.4) is 0 Å². The summed E-state index contributed by atoms with van der Waals surface area (Å²) in [6.45, 7) is 9.38. The molecule has 1 atom stereocenters. The molecule has 120 valence electrons. The SMILES string of the molecule is Cc1cc(C)c(CCNC(=O)C2CC23CCNCC3)c(C)c1. The van der Waals surface area contributed by atoms with E-state index in [1.165, 1.54) is 35.1 Å². The van der Waals surface area contributed by atoms with Crippen LogP contribution in [-0.4, -0.2) is 25.5 Å². The normalized spacial score (nSPS) is 22.6. The van der Waals surface area contributed by atoms with Gasteiger partial charge in [-0.25, -0.2) is 0 Å². The molecule has 3 nitrogen and oxygen atoms in total. The number of benzene rings is 1. The quantitative estimate of drug-likeness (QED) is 0.897. The first kappa shape index (κ1) is 15.5. The Kier molecular flexibility index (Phi) is 4.26. The lowest BCUT2D eigenvalue weighted by Crippen LogP contribution is -2.34. The third-order valence-electron chi connectivity index (χ3n) is 5.62. The van der Waals surface area contributed by atoms with Crippen LogP contribution in [0, 0.1) is 32.1 Å². The number of hydrogen-bond donors (Lipinski definition) is 2. The fourth-order valence-corrected chi connectivity index (χ4v) is 4.23. The monoisotopic (exact) mass is 300 g/mol. The molecule has 0 radical (unpaired) electrons. The highest BCUT2D eigenvalue weighted by atomic mass is 16.2. The molecule has 1 saturated heterocycles. The zero-order chi connectivity index (χ0) is 15.7. The number of rotatable bonds is 4. The van der Waals surface area contributed by atoms with E-state index >= 15 is 0 Å². The van der Waals surface area contributed by atoms with Gasteiger partial charge >= 0.3 is 0 Å². The van der Waals surface area contributed by atoms with Crippen LogP contribution in [-0.2, 0) is 11.2 Å². The maximum absolute atomic E-state index is 12.4. The van der Waals surface area contributed by atoms with Crippen molar-refractivity contribution in [1.82, 2.24) is 10.6 Å². The van der Waals surface area contributed by atoms with Crippen LogP contribution in [0.1, 0.15) is 41.5 Å². The zero-order valence-corrected chi connectivity index (χ0v) is 14.1. The summed E-state index contributed by atoms with van der Waals surface area (Å²) >= 11 is 0. The second-order valence-electron chi connectivity index (χ2n) is 7.29. The Morgan fingerprint density at radius 3 is 2.50 bits per heavy atom. The number of carbonyl (C=O) groups excluding carboxylic acids is 1. The predicted octanol–water partition coefficient (Wildman–Crippen LogP) is 2.66. The van der Waals surface area contributed by atoms with Crippen LogP contribution in [0.25, 0.3) is 0 Å². The van der Waals surface area contributed by atoms with Crippen molar-refractivity contribution in [2.45, 2.75) is 46.5 Å². The molecular weight excluding hydrogens is 272 g/mol. The maximum atomic E-state index is 12.4. The lowest BCUT2D eigenvalue weighted by molar-refractivity contribution is -0.123. The zero-order valence-electron chi connectivity index (χ0n) is 14.1. The molecule has 3 heteroatoms. The van der Waals surface area contributed by atoms with E-state index < -0.39 is 0 Å². The van der Waals surface area contributed by atoms with Gasteiger partial charge in [0, 0.05) is 12.5 Å². The van der Waals surface area contributed by atoms with Crippen molar-refractivity contribution in [3.05, 3.63) is 34.4 Å². The van der Waals surface area contributed by atoms with Gasteiger partial charge in [0.2, 0.25) is 5.91 Å². The van der Waals surface area contributed by atoms with Gasteiger partial charge in [0.1, 0.15) is 0 Å². The van der Waals surface area contributed by atoms with Gasteiger partial charge < -0.3 is 10.6 Å². The summed E-state index contributed by atoms with van der Waals surface area (Å²) in [5.74, 6) is 0.555. The first-order valence-electron chi connectivity index (χ1n) is 8.57. The molecule has 1 heterocycles. The molecule has 1 aromatic carbocycles. The van der Waals surface area contributed by atoms with E-state index in [0.717, 1.165) is 32.5 Å². The first-order valence-corrected chi connectivity index (χ1v) is 8.57. The van der Waals surface area contributed by atoms with Crippen molar-refractivity contribution in [3.63, 3.8) is 0 Å². The molecule has 2 aliphatic rings. The summed E-state index contributed by atoms with van der Waals surface area (Å²) in [7, 11) is 0. The lowest BCUT2D eigenvalue weighted by Gasteiger charge is -2.23. The number of nitrogens with one attached hydrogen (secondary N) is 2. The van der Waals surface area contributed by atoms with Crippen molar-refractivity contribution in [1.29, 1.82) is 0 Å². The van der Waals surface area contributed by atoms with Crippen LogP contribution in [0.15, 0.2) is 12.1 Å². The van der Waals surface area contributed by atoms with Crippen LogP contribution in [0.5, 0.6) is 0 Å². The molecule has 2 N–H and O–H groups in total. The standard InChI is InChI=1S/C19H28N2O/c1-13-10-14(2)16(15(3)11-13)4-7-21-18(22)17-12-19(17)5-8-20-9-6-19/h10-11,17,20H,4-9,12H2,1-3H3,(H,21,22). The minimum atomic E-state index is 0.273. The van der Waals surface area contributed by atoms with Gasteiger partial charge in [0.15, 0.2) is 0 Å². The summed E-state index contributed by atoms with van der Waals surface area (Å²) < 4.78 is 0. The van der Waals surface area contributed by atoms with Crippen molar-refractivity contribution < 1.29 is 4.79 Å². The third-order valence-corrected chi connectivity index (χ3v) is 5.62. The van der Waals surface area contributed by atoms with E-state index in [2.05, 4.69) is 43.5 Å². The molecule has 1 unspecified atom stereocenters. The van der Waals surface area contributed by atoms with Gasteiger partial charge in [-0.15, -0.1) is 0 Å². The van der Waals surface area contributed by atoms with E-state index in [-0.39, 0.29) is 11.8 Å². The fourth-order valence-electron chi connectivity index (χ4n) is 4.23. The molecule has 1 amide bonds. The van der Waals surface area contributed by atoms with Crippen LogP contribution in [0.2, 0.25) is 0 Å². The van der Waals surface area contributed by atoms with Gasteiger partial charge in [0.25, 0.3) is 0 Å². The number of piperidine rings is 1. The van der Waals surface area contributed by atoms with Gasteiger partial charge in [-0.3, -0.25) is 4.79 Å². The smallest absolute Gasteiger partial charge is 0.223 e. The summed E-state index contributed by atoms with van der Waals surface area (Å²) in [5.41, 5.74) is 5.72. The molecule has 2 fully saturated rings. The summed E-state index contributed by atoms with van der Waals surface area (Å²) in [5, 5.41) is 6.56. The summed E-state index contributed by atoms with van der Waals surface area (Å²) in [4.78, 5) is 12.4. The molecular formula is C19H28N2O. The Hall–Kier alpha value is -1.35. The van der Waals surface area contributed by atoms with Crippen LogP contribution < -0.4 is 10.6 Å². The molecule has 1 aliphatic heterocycles. The van der Waals surface area contributed by atoms with E-state index in [1.54, 1.807) is 0 Å². The second-order valence-corrected chi connectivity index (χ2v) is 7.29. The molecule has 1 aliphatic carbocycles. The molecule has 0 bridgehead atoms. The minimum absolute atomic E-state index is 0.273. The largest absolute Gasteiger partial charge is 0.356 e. The van der Waals surface area contributed by atoms with E-state index in [9.17, 15) is 4.79 Å². The van der Waals surface area contributed by atoms with Gasteiger partial charge in [-0.05, 0) is 81.6 Å². The predicted molar refractivity (Wildman–Crippen MR) is 90.0 cm³/mol. The second kappa shape index (κ2) is 6.04. The third kappa shape index (κ3) is 3.05. The average Bonchev–Trinajstić information content (AvgIpc) is 3.15. The van der Waals surface area contributed by atoms with E-state index in [1.807, 2.05) is 0 Å². The summed E-state index contributed by atoms with van der Waals surface area (Å²) in [6.07, 6.45) is 4.37. The molecule has 1 saturated carbocycles. The molecule has 22 heavy (non-hydrogen) atoms. The Labute approximate surface area is 133 Å². The van der Waals surface area contributed by atoms with Gasteiger partial charge in [-0.1, -0.05) is 17.7 Å². The van der Waals surface area contributed by atoms with E-state index in [4.69, 9.17) is 0 Å². The molecule has 0 aromatic heterocycles. The van der Waals surface area contributed by atoms with Crippen molar-refractivity contribution in [2.75, 3.05) is 19.6 Å². The Bertz CT molecular complexity index is 550. The van der Waals surface area contributed by atoms with E-state index in [0.29, 0.717) is 5.41 Å². The Balaban J connectivity index is 1.51. The minimum Gasteiger partial charge on any atom is -0.356 e. The fraction of sp³-hybridized carbons (Fsp3) is 0.632. The highest BCUT2D eigenvalue weighted by Crippen LogP contribution is 2.58.